The first-order valence-corrected chi connectivity index (χ1v) is 12.7. The molecule has 3 aromatic carbocycles. The number of esters is 1. The smallest absolute Gasteiger partial charge is 0.329 e. The molecule has 0 saturated carbocycles. The number of para-hydroxylation sites is 1. The van der Waals surface area contributed by atoms with Crippen molar-refractivity contribution in [3.05, 3.63) is 104 Å². The van der Waals surface area contributed by atoms with Crippen LogP contribution in [0.15, 0.2) is 77.3 Å². The number of carbonyl (C=O) groups excluding carboxylic acids is 2. The molecule has 0 aliphatic carbocycles. The first-order chi connectivity index (χ1) is 18.8. The lowest BCUT2D eigenvalue weighted by atomic mass is 9.68. The summed E-state index contributed by atoms with van der Waals surface area (Å²) in [6.07, 6.45) is 3.58. The van der Waals surface area contributed by atoms with E-state index >= 15 is 0 Å². The Morgan fingerprint density at radius 1 is 1.10 bits per heavy atom. The number of fused-ring (bicyclic) bond motifs is 3. The number of rotatable bonds is 6. The number of carbonyl (C=O) groups is 2. The van der Waals surface area contributed by atoms with Crippen molar-refractivity contribution in [3.8, 4) is 11.8 Å². The molecular formula is C29H22BrN3O6. The number of benzene rings is 3. The Kier molecular flexibility index (Phi) is 6.70. The number of nitriles is 1. The number of Topliss-reactive ketones (excluding diaryl/α,β-unsaturated/α-hetero) is 1. The highest BCUT2D eigenvalue weighted by Gasteiger charge is 2.67. The second kappa shape index (κ2) is 10.0. The summed E-state index contributed by atoms with van der Waals surface area (Å²) < 4.78 is 11.1. The minimum atomic E-state index is -1.83. The number of anilines is 1. The van der Waals surface area contributed by atoms with Crippen LogP contribution < -0.4 is 9.64 Å². The second-order valence-corrected chi connectivity index (χ2v) is 10.1. The van der Waals surface area contributed by atoms with Crippen molar-refractivity contribution in [2.75, 3.05) is 19.1 Å². The topological polar surface area (TPSA) is 123 Å². The number of nitro benzene ring substituents is 1. The van der Waals surface area contributed by atoms with Crippen molar-refractivity contribution >= 4 is 45.1 Å². The van der Waals surface area contributed by atoms with Crippen LogP contribution in [0.25, 0.3) is 6.08 Å². The minimum Gasteiger partial charge on any atom is -0.496 e. The maximum absolute atomic E-state index is 14.4. The van der Waals surface area contributed by atoms with Gasteiger partial charge >= 0.3 is 5.97 Å². The Hall–Kier alpha value is -4.49. The fourth-order valence-electron chi connectivity index (χ4n) is 5.70. The molecule has 5 rings (SSSR count). The molecule has 0 radical (unpaired) electrons. The van der Waals surface area contributed by atoms with Gasteiger partial charge in [0, 0.05) is 29.3 Å². The summed E-state index contributed by atoms with van der Waals surface area (Å²) in [7, 11) is 2.72. The summed E-state index contributed by atoms with van der Waals surface area (Å²) in [5.74, 6) is -1.61. The van der Waals surface area contributed by atoms with Gasteiger partial charge < -0.3 is 14.4 Å². The van der Waals surface area contributed by atoms with Crippen LogP contribution in [-0.2, 0) is 9.53 Å². The van der Waals surface area contributed by atoms with E-state index in [1.165, 1.54) is 38.5 Å². The van der Waals surface area contributed by atoms with Crippen LogP contribution in [0.4, 0.5) is 11.4 Å². The Morgan fingerprint density at radius 2 is 1.82 bits per heavy atom. The van der Waals surface area contributed by atoms with E-state index in [1.54, 1.807) is 24.3 Å². The number of halogens is 1. The Bertz CT molecular complexity index is 1560. The van der Waals surface area contributed by atoms with E-state index in [1.807, 2.05) is 35.2 Å². The van der Waals surface area contributed by atoms with Crippen LogP contribution >= 0.6 is 15.9 Å². The zero-order chi connectivity index (χ0) is 27.9. The molecule has 4 atom stereocenters. The lowest BCUT2D eigenvalue weighted by Crippen LogP contribution is -2.46. The molecule has 9 nitrogen and oxygen atoms in total. The highest BCUT2D eigenvalue weighted by Crippen LogP contribution is 2.56. The third-order valence-electron chi connectivity index (χ3n) is 7.42. The van der Waals surface area contributed by atoms with Crippen molar-refractivity contribution in [1.82, 2.24) is 0 Å². The molecular weight excluding hydrogens is 566 g/mol. The Balaban J connectivity index is 1.79. The number of hydrogen-bond donors (Lipinski definition) is 0. The highest BCUT2D eigenvalue weighted by atomic mass is 79.9. The van der Waals surface area contributed by atoms with E-state index in [2.05, 4.69) is 22.0 Å². The first-order valence-electron chi connectivity index (χ1n) is 12.0. The fourth-order valence-corrected chi connectivity index (χ4v) is 6.24. The number of non-ortho nitro benzene ring substituents is 1. The monoisotopic (exact) mass is 587 g/mol. The molecule has 0 bridgehead atoms. The molecule has 196 valence electrons. The van der Waals surface area contributed by atoms with Gasteiger partial charge in [0.05, 0.1) is 35.7 Å². The zero-order valence-corrected chi connectivity index (χ0v) is 22.5. The van der Waals surface area contributed by atoms with Gasteiger partial charge in [-0.25, -0.2) is 0 Å². The average Bonchev–Trinajstić information content (AvgIpc) is 3.28. The molecule has 2 heterocycles. The number of hydrogen-bond acceptors (Lipinski definition) is 8. The predicted molar refractivity (Wildman–Crippen MR) is 146 cm³/mol. The molecule has 1 fully saturated rings. The van der Waals surface area contributed by atoms with E-state index in [4.69, 9.17) is 9.47 Å². The van der Waals surface area contributed by atoms with E-state index in [9.17, 15) is 25.0 Å². The minimum absolute atomic E-state index is 0.151. The maximum atomic E-state index is 14.4. The molecule has 0 amide bonds. The largest absolute Gasteiger partial charge is 0.496 e. The van der Waals surface area contributed by atoms with Crippen LogP contribution in [0.3, 0.4) is 0 Å². The van der Waals surface area contributed by atoms with Gasteiger partial charge in [-0.1, -0.05) is 42.5 Å². The summed E-state index contributed by atoms with van der Waals surface area (Å²) in [6, 6.07) is 18.3. The molecule has 10 heteroatoms. The van der Waals surface area contributed by atoms with Crippen molar-refractivity contribution in [3.63, 3.8) is 0 Å². The predicted octanol–water partition coefficient (Wildman–Crippen LogP) is 5.30. The van der Waals surface area contributed by atoms with Crippen LogP contribution in [0.1, 0.15) is 27.4 Å². The number of ketones is 1. The molecule has 2 aliphatic heterocycles. The first kappa shape index (κ1) is 26.1. The molecule has 2 aliphatic rings. The summed E-state index contributed by atoms with van der Waals surface area (Å²) in [5, 5.41) is 22.1. The standard InChI is InChI=1S/C29H22BrN3O6/c1-38-23-13-9-19(15-21(23)30)27(34)26-25(18-7-11-20(12-8-18)33(36)37)29(16-31,28(35)39-2)24-14-10-17-5-3-4-6-22(17)32(24)26/h3-15,24-26H,1-2H3/t24-,25-,26+,29+/m1/s1. The normalized spacial score (nSPS) is 22.8. The van der Waals surface area contributed by atoms with E-state index in [-0.39, 0.29) is 11.5 Å². The highest BCUT2D eigenvalue weighted by molar-refractivity contribution is 9.10. The molecule has 0 aromatic heterocycles. The average molecular weight is 588 g/mol. The molecule has 0 spiro atoms. The lowest BCUT2D eigenvalue weighted by Gasteiger charge is -2.36. The van der Waals surface area contributed by atoms with Crippen molar-refractivity contribution in [2.24, 2.45) is 5.41 Å². The second-order valence-electron chi connectivity index (χ2n) is 9.23. The van der Waals surface area contributed by atoms with Gasteiger partial charge in [-0.05, 0) is 51.3 Å². The quantitative estimate of drug-likeness (QED) is 0.165. The van der Waals surface area contributed by atoms with Gasteiger partial charge in [0.2, 0.25) is 0 Å². The van der Waals surface area contributed by atoms with Gasteiger partial charge in [-0.2, -0.15) is 5.26 Å². The van der Waals surface area contributed by atoms with Gasteiger partial charge in [0.25, 0.3) is 5.69 Å². The van der Waals surface area contributed by atoms with Crippen molar-refractivity contribution < 1.29 is 24.0 Å². The zero-order valence-electron chi connectivity index (χ0n) is 20.9. The van der Waals surface area contributed by atoms with Gasteiger partial charge in [-0.15, -0.1) is 0 Å². The third kappa shape index (κ3) is 3.97. The molecule has 0 N–H and O–H groups in total. The molecule has 3 aromatic rings. The van der Waals surface area contributed by atoms with Crippen LogP contribution in [0.5, 0.6) is 5.75 Å². The number of methoxy groups -OCH3 is 2. The molecule has 0 unspecified atom stereocenters. The Morgan fingerprint density at radius 3 is 2.44 bits per heavy atom. The van der Waals surface area contributed by atoms with E-state index in [0.717, 1.165) is 5.56 Å². The number of nitro groups is 1. The van der Waals surface area contributed by atoms with Crippen LogP contribution in [0.2, 0.25) is 0 Å². The van der Waals surface area contributed by atoms with Crippen LogP contribution in [-0.4, -0.2) is 43.0 Å². The summed E-state index contributed by atoms with van der Waals surface area (Å²) in [4.78, 5) is 40.7. The number of ether oxygens (including phenoxy) is 2. The maximum Gasteiger partial charge on any atom is 0.329 e. The fraction of sp³-hybridized carbons (Fsp3) is 0.207. The van der Waals surface area contributed by atoms with Crippen molar-refractivity contribution in [2.45, 2.75) is 18.0 Å². The summed E-state index contributed by atoms with van der Waals surface area (Å²) in [5.41, 5.74) is 0.288. The van der Waals surface area contributed by atoms with Gasteiger partial charge in [-0.3, -0.25) is 19.7 Å². The third-order valence-corrected chi connectivity index (χ3v) is 8.04. The van der Waals surface area contributed by atoms with Gasteiger partial charge in [0.1, 0.15) is 11.8 Å². The SMILES string of the molecule is COC(=O)[C@]1(C#N)[C@H](c2ccc([N+](=O)[O-])cc2)[C@@H](C(=O)c2ccc(OC)c(Br)c2)N2c3ccccc3C=C[C@@H]21. The molecule has 39 heavy (non-hydrogen) atoms. The van der Waals surface area contributed by atoms with Crippen LogP contribution in [0, 0.1) is 26.9 Å². The Labute approximate surface area is 232 Å². The lowest BCUT2D eigenvalue weighted by molar-refractivity contribution is -0.384. The van der Waals surface area contributed by atoms with E-state index in [0.29, 0.717) is 27.0 Å². The summed E-state index contributed by atoms with van der Waals surface area (Å²) in [6.45, 7) is 0. The number of nitrogens with zero attached hydrogens (tertiary/aromatic N) is 3. The molecule has 1 saturated heterocycles. The summed E-state index contributed by atoms with van der Waals surface area (Å²) >= 11 is 3.44. The van der Waals surface area contributed by atoms with Crippen molar-refractivity contribution in [1.29, 1.82) is 5.26 Å². The van der Waals surface area contributed by atoms with Gasteiger partial charge in [0.15, 0.2) is 11.2 Å². The van der Waals surface area contributed by atoms with E-state index < -0.39 is 34.3 Å².